The Hall–Kier alpha value is -0.930. The van der Waals surface area contributed by atoms with E-state index >= 15 is 0 Å². The highest BCUT2D eigenvalue weighted by Gasteiger charge is 2.11. The average Bonchev–Trinajstić information content (AvgIpc) is 2.58. The molecule has 1 saturated heterocycles. The quantitative estimate of drug-likeness (QED) is 0.844. The van der Waals surface area contributed by atoms with Crippen LogP contribution in [0.15, 0.2) is 18.3 Å². The summed E-state index contributed by atoms with van der Waals surface area (Å²) in [4.78, 5) is 6.87. The third-order valence-electron chi connectivity index (χ3n) is 3.27. The van der Waals surface area contributed by atoms with E-state index in [0.717, 1.165) is 12.2 Å². The predicted molar refractivity (Wildman–Crippen MR) is 65.9 cm³/mol. The van der Waals surface area contributed by atoms with Crippen LogP contribution in [0.3, 0.4) is 0 Å². The molecule has 0 aliphatic carbocycles. The van der Waals surface area contributed by atoms with Crippen LogP contribution in [0.2, 0.25) is 0 Å². The van der Waals surface area contributed by atoms with Gasteiger partial charge in [0, 0.05) is 19.3 Å². The van der Waals surface area contributed by atoms with Gasteiger partial charge in [0.1, 0.15) is 0 Å². The predicted octanol–water partition coefficient (Wildman–Crippen LogP) is 1.92. The lowest BCUT2D eigenvalue weighted by atomic mass is 10.1. The van der Waals surface area contributed by atoms with Crippen molar-refractivity contribution in [3.05, 3.63) is 29.6 Å². The summed E-state index contributed by atoms with van der Waals surface area (Å²) in [6, 6.07) is 4.16. The van der Waals surface area contributed by atoms with Crippen LogP contribution in [-0.4, -0.2) is 23.0 Å². The first-order valence-corrected chi connectivity index (χ1v) is 6.25. The normalized spacial score (nSPS) is 18.3. The molecule has 0 saturated carbocycles. The Labute approximate surface area is 97.7 Å². The lowest BCUT2D eigenvalue weighted by molar-refractivity contribution is 0.276. The Balaban J connectivity index is 2.01. The Morgan fingerprint density at radius 1 is 1.19 bits per heavy atom. The van der Waals surface area contributed by atoms with Crippen molar-refractivity contribution < 1.29 is 0 Å². The Morgan fingerprint density at radius 3 is 2.62 bits per heavy atom. The lowest BCUT2D eigenvalue weighted by Gasteiger charge is -2.20. The van der Waals surface area contributed by atoms with Gasteiger partial charge in [-0.1, -0.05) is 18.9 Å². The van der Waals surface area contributed by atoms with E-state index in [4.69, 9.17) is 5.73 Å². The van der Waals surface area contributed by atoms with E-state index in [9.17, 15) is 0 Å². The molecular weight excluding hydrogens is 198 g/mol. The van der Waals surface area contributed by atoms with Crippen molar-refractivity contribution >= 4 is 0 Å². The minimum absolute atomic E-state index is 0.546. The first-order chi connectivity index (χ1) is 7.90. The van der Waals surface area contributed by atoms with Crippen LogP contribution in [0, 0.1) is 0 Å². The van der Waals surface area contributed by atoms with Crippen molar-refractivity contribution in [3.8, 4) is 0 Å². The molecule has 1 fully saturated rings. The van der Waals surface area contributed by atoms with Gasteiger partial charge >= 0.3 is 0 Å². The third-order valence-corrected chi connectivity index (χ3v) is 3.27. The molecule has 0 radical (unpaired) electrons. The first-order valence-electron chi connectivity index (χ1n) is 6.25. The van der Waals surface area contributed by atoms with Gasteiger partial charge in [0.05, 0.1) is 5.69 Å². The van der Waals surface area contributed by atoms with Gasteiger partial charge in [-0.25, -0.2) is 0 Å². The molecule has 3 nitrogen and oxygen atoms in total. The van der Waals surface area contributed by atoms with E-state index < -0.39 is 0 Å². The Kier molecular flexibility index (Phi) is 4.31. The fraction of sp³-hybridized carbons (Fsp3) is 0.615. The van der Waals surface area contributed by atoms with E-state index in [0.29, 0.717) is 6.54 Å². The summed E-state index contributed by atoms with van der Waals surface area (Å²) in [5, 5.41) is 0. The van der Waals surface area contributed by atoms with Crippen molar-refractivity contribution in [3.63, 3.8) is 0 Å². The molecule has 1 aliphatic rings. The second kappa shape index (κ2) is 5.97. The maximum atomic E-state index is 5.71. The van der Waals surface area contributed by atoms with Crippen molar-refractivity contribution in [1.29, 1.82) is 0 Å². The molecule has 1 aliphatic heterocycles. The van der Waals surface area contributed by atoms with Gasteiger partial charge in [-0.3, -0.25) is 9.88 Å². The number of nitrogens with two attached hydrogens (primary N) is 1. The lowest BCUT2D eigenvalue weighted by Crippen LogP contribution is -2.25. The van der Waals surface area contributed by atoms with Crippen LogP contribution >= 0.6 is 0 Å². The second-order valence-corrected chi connectivity index (χ2v) is 4.50. The zero-order valence-corrected chi connectivity index (χ0v) is 9.86. The largest absolute Gasteiger partial charge is 0.325 e. The van der Waals surface area contributed by atoms with Crippen LogP contribution in [0.4, 0.5) is 0 Å². The molecule has 1 aromatic rings. The number of nitrogens with zero attached hydrogens (tertiary/aromatic N) is 2. The van der Waals surface area contributed by atoms with E-state index in [2.05, 4.69) is 16.0 Å². The highest BCUT2D eigenvalue weighted by molar-refractivity contribution is 5.19. The highest BCUT2D eigenvalue weighted by atomic mass is 15.1. The SMILES string of the molecule is NCc1ncccc1CN1CCCCCC1. The molecule has 16 heavy (non-hydrogen) atoms. The minimum Gasteiger partial charge on any atom is -0.325 e. The third kappa shape index (κ3) is 3.03. The van der Waals surface area contributed by atoms with E-state index in [-0.39, 0.29) is 0 Å². The number of rotatable bonds is 3. The average molecular weight is 219 g/mol. The Morgan fingerprint density at radius 2 is 1.94 bits per heavy atom. The van der Waals surface area contributed by atoms with Crippen LogP contribution in [0.25, 0.3) is 0 Å². The molecule has 0 amide bonds. The molecule has 2 N–H and O–H groups in total. The molecule has 0 spiro atoms. The fourth-order valence-electron chi connectivity index (χ4n) is 2.33. The smallest absolute Gasteiger partial charge is 0.0584 e. The van der Waals surface area contributed by atoms with Crippen LogP contribution in [0.1, 0.15) is 36.9 Å². The summed E-state index contributed by atoms with van der Waals surface area (Å²) in [5.41, 5.74) is 8.05. The van der Waals surface area contributed by atoms with Crippen molar-refractivity contribution in [2.24, 2.45) is 5.73 Å². The molecule has 0 atom stereocenters. The van der Waals surface area contributed by atoms with Gasteiger partial charge in [-0.05, 0) is 37.6 Å². The molecule has 2 rings (SSSR count). The highest BCUT2D eigenvalue weighted by Crippen LogP contribution is 2.14. The monoisotopic (exact) mass is 219 g/mol. The first kappa shape index (κ1) is 11.6. The van der Waals surface area contributed by atoms with Crippen LogP contribution in [-0.2, 0) is 13.1 Å². The molecule has 0 aromatic carbocycles. The summed E-state index contributed by atoms with van der Waals surface area (Å²) in [5.74, 6) is 0. The van der Waals surface area contributed by atoms with Gasteiger partial charge in [-0.2, -0.15) is 0 Å². The van der Waals surface area contributed by atoms with E-state index in [1.165, 1.54) is 44.3 Å². The van der Waals surface area contributed by atoms with Gasteiger partial charge in [0.15, 0.2) is 0 Å². The number of hydrogen-bond acceptors (Lipinski definition) is 3. The number of pyridine rings is 1. The number of likely N-dealkylation sites (tertiary alicyclic amines) is 1. The van der Waals surface area contributed by atoms with Gasteiger partial charge in [-0.15, -0.1) is 0 Å². The zero-order valence-electron chi connectivity index (χ0n) is 9.86. The second-order valence-electron chi connectivity index (χ2n) is 4.50. The van der Waals surface area contributed by atoms with E-state index in [1.54, 1.807) is 0 Å². The molecule has 1 aromatic heterocycles. The van der Waals surface area contributed by atoms with E-state index in [1.807, 2.05) is 12.3 Å². The maximum absolute atomic E-state index is 5.71. The summed E-state index contributed by atoms with van der Waals surface area (Å²) in [7, 11) is 0. The zero-order chi connectivity index (χ0) is 11.2. The van der Waals surface area contributed by atoms with Crippen LogP contribution < -0.4 is 5.73 Å². The summed E-state index contributed by atoms with van der Waals surface area (Å²) in [6.45, 7) is 4.00. The standard InChI is InChI=1S/C13H21N3/c14-10-13-12(6-5-7-15-13)11-16-8-3-1-2-4-9-16/h5-7H,1-4,8-11,14H2. The minimum atomic E-state index is 0.546. The molecule has 0 bridgehead atoms. The van der Waals surface area contributed by atoms with Crippen LogP contribution in [0.5, 0.6) is 0 Å². The van der Waals surface area contributed by atoms with Crippen molar-refractivity contribution in [2.75, 3.05) is 13.1 Å². The summed E-state index contributed by atoms with van der Waals surface area (Å²) in [6.07, 6.45) is 7.26. The topological polar surface area (TPSA) is 42.1 Å². The number of aromatic nitrogens is 1. The van der Waals surface area contributed by atoms with Gasteiger partial charge < -0.3 is 5.73 Å². The van der Waals surface area contributed by atoms with Gasteiger partial charge in [0.25, 0.3) is 0 Å². The van der Waals surface area contributed by atoms with Crippen molar-refractivity contribution in [2.45, 2.75) is 38.8 Å². The Bertz CT molecular complexity index is 317. The molecule has 3 heteroatoms. The van der Waals surface area contributed by atoms with Crippen molar-refractivity contribution in [1.82, 2.24) is 9.88 Å². The summed E-state index contributed by atoms with van der Waals surface area (Å²) < 4.78 is 0. The number of hydrogen-bond donors (Lipinski definition) is 1. The molecule has 2 heterocycles. The maximum Gasteiger partial charge on any atom is 0.0584 e. The summed E-state index contributed by atoms with van der Waals surface area (Å²) >= 11 is 0. The van der Waals surface area contributed by atoms with Gasteiger partial charge in [0.2, 0.25) is 0 Å². The molecule has 0 unspecified atom stereocenters. The molecular formula is C13H21N3. The molecule has 88 valence electrons. The fourth-order valence-corrected chi connectivity index (χ4v) is 2.33.